The Morgan fingerprint density at radius 2 is 1.85 bits per heavy atom. The van der Waals surface area contributed by atoms with Crippen molar-refractivity contribution in [3.05, 3.63) is 0 Å². The van der Waals surface area contributed by atoms with Crippen molar-refractivity contribution in [1.82, 2.24) is 0 Å². The Hall–Kier alpha value is -0.0400. The number of methoxy groups -OCH3 is 1. The standard InChI is InChI=1S/C12H26O/c1-5-6-7-12(8-9-13-4)10-11(2)3/h11-12H,5-10H2,1-4H3. The van der Waals surface area contributed by atoms with Gasteiger partial charge in [0.2, 0.25) is 0 Å². The van der Waals surface area contributed by atoms with Gasteiger partial charge in [-0.15, -0.1) is 0 Å². The second-order valence-electron chi connectivity index (χ2n) is 4.42. The van der Waals surface area contributed by atoms with Gasteiger partial charge in [-0.25, -0.2) is 0 Å². The van der Waals surface area contributed by atoms with Gasteiger partial charge in [0.25, 0.3) is 0 Å². The molecule has 0 rings (SSSR count). The van der Waals surface area contributed by atoms with Crippen LogP contribution < -0.4 is 0 Å². The molecule has 0 aliphatic rings. The van der Waals surface area contributed by atoms with Crippen molar-refractivity contribution < 1.29 is 4.74 Å². The van der Waals surface area contributed by atoms with Crippen LogP contribution in [0, 0.1) is 11.8 Å². The Labute approximate surface area is 83.9 Å². The predicted molar refractivity (Wildman–Crippen MR) is 59.0 cm³/mol. The molecule has 0 aromatic rings. The molecule has 0 heterocycles. The molecule has 13 heavy (non-hydrogen) atoms. The van der Waals surface area contributed by atoms with Gasteiger partial charge in [0.15, 0.2) is 0 Å². The molecule has 0 aliphatic heterocycles. The first-order chi connectivity index (χ1) is 6.20. The summed E-state index contributed by atoms with van der Waals surface area (Å²) >= 11 is 0. The van der Waals surface area contributed by atoms with E-state index in [-0.39, 0.29) is 0 Å². The summed E-state index contributed by atoms with van der Waals surface area (Å²) in [6.45, 7) is 7.82. The van der Waals surface area contributed by atoms with Crippen molar-refractivity contribution >= 4 is 0 Å². The third-order valence-electron chi connectivity index (χ3n) is 2.50. The molecule has 0 saturated heterocycles. The summed E-state index contributed by atoms with van der Waals surface area (Å²) in [4.78, 5) is 0. The highest BCUT2D eigenvalue weighted by Crippen LogP contribution is 2.21. The molecule has 0 aliphatic carbocycles. The molecule has 0 bridgehead atoms. The molecule has 80 valence electrons. The third-order valence-corrected chi connectivity index (χ3v) is 2.50. The van der Waals surface area contributed by atoms with Crippen molar-refractivity contribution in [2.75, 3.05) is 13.7 Å². The monoisotopic (exact) mass is 186 g/mol. The van der Waals surface area contributed by atoms with E-state index in [2.05, 4.69) is 20.8 Å². The van der Waals surface area contributed by atoms with Crippen LogP contribution in [0.1, 0.15) is 52.9 Å². The van der Waals surface area contributed by atoms with Gasteiger partial charge >= 0.3 is 0 Å². The van der Waals surface area contributed by atoms with Gasteiger partial charge in [0.05, 0.1) is 0 Å². The fourth-order valence-corrected chi connectivity index (χ4v) is 1.82. The van der Waals surface area contributed by atoms with Crippen LogP contribution in [0.25, 0.3) is 0 Å². The van der Waals surface area contributed by atoms with Gasteiger partial charge in [-0.05, 0) is 24.7 Å². The van der Waals surface area contributed by atoms with Crippen molar-refractivity contribution in [3.8, 4) is 0 Å². The van der Waals surface area contributed by atoms with Crippen LogP contribution in [0.3, 0.4) is 0 Å². The predicted octanol–water partition coefficient (Wildman–Crippen LogP) is 3.88. The molecule has 0 N–H and O–H groups in total. The van der Waals surface area contributed by atoms with Crippen LogP contribution in [0.15, 0.2) is 0 Å². The van der Waals surface area contributed by atoms with Crippen molar-refractivity contribution in [2.24, 2.45) is 11.8 Å². The summed E-state index contributed by atoms with van der Waals surface area (Å²) in [5.41, 5.74) is 0. The van der Waals surface area contributed by atoms with Crippen LogP contribution in [-0.4, -0.2) is 13.7 Å². The van der Waals surface area contributed by atoms with Gasteiger partial charge in [0.1, 0.15) is 0 Å². The first-order valence-corrected chi connectivity index (χ1v) is 5.69. The van der Waals surface area contributed by atoms with Crippen LogP contribution in [-0.2, 0) is 4.74 Å². The zero-order valence-electron chi connectivity index (χ0n) is 9.81. The molecular formula is C12H26O. The highest BCUT2D eigenvalue weighted by Gasteiger charge is 2.09. The minimum atomic E-state index is 0.832. The summed E-state index contributed by atoms with van der Waals surface area (Å²) < 4.78 is 5.13. The van der Waals surface area contributed by atoms with E-state index in [1.165, 1.54) is 32.1 Å². The summed E-state index contributed by atoms with van der Waals surface area (Å²) in [5.74, 6) is 1.72. The SMILES string of the molecule is CCCCC(CCOC)CC(C)C. The molecular weight excluding hydrogens is 160 g/mol. The van der Waals surface area contributed by atoms with Crippen LogP contribution >= 0.6 is 0 Å². The lowest BCUT2D eigenvalue weighted by atomic mass is 9.90. The summed E-state index contributed by atoms with van der Waals surface area (Å²) in [7, 11) is 1.80. The van der Waals surface area contributed by atoms with E-state index >= 15 is 0 Å². The Bertz CT molecular complexity index is 91.3. The van der Waals surface area contributed by atoms with E-state index < -0.39 is 0 Å². The summed E-state index contributed by atoms with van der Waals surface area (Å²) in [6.07, 6.45) is 6.69. The van der Waals surface area contributed by atoms with Crippen molar-refractivity contribution in [1.29, 1.82) is 0 Å². The maximum absolute atomic E-state index is 5.13. The molecule has 0 spiro atoms. The van der Waals surface area contributed by atoms with Gasteiger partial charge in [-0.3, -0.25) is 0 Å². The van der Waals surface area contributed by atoms with Gasteiger partial charge in [0, 0.05) is 13.7 Å². The first kappa shape index (κ1) is 13.0. The molecule has 0 radical (unpaired) electrons. The van der Waals surface area contributed by atoms with E-state index in [0.717, 1.165) is 18.4 Å². The first-order valence-electron chi connectivity index (χ1n) is 5.69. The Kier molecular flexibility index (Phi) is 8.53. The normalized spacial score (nSPS) is 13.6. The molecule has 1 atom stereocenters. The minimum absolute atomic E-state index is 0.832. The van der Waals surface area contributed by atoms with E-state index in [0.29, 0.717) is 0 Å². The van der Waals surface area contributed by atoms with Crippen molar-refractivity contribution in [3.63, 3.8) is 0 Å². The molecule has 1 heteroatoms. The maximum Gasteiger partial charge on any atom is 0.0464 e. The topological polar surface area (TPSA) is 9.23 Å². The lowest BCUT2D eigenvalue weighted by molar-refractivity contribution is 0.168. The average Bonchev–Trinajstić information content (AvgIpc) is 2.09. The maximum atomic E-state index is 5.13. The number of hydrogen-bond acceptors (Lipinski definition) is 1. The van der Waals surface area contributed by atoms with E-state index in [1.807, 2.05) is 0 Å². The zero-order valence-corrected chi connectivity index (χ0v) is 9.81. The lowest BCUT2D eigenvalue weighted by Crippen LogP contribution is -2.07. The highest BCUT2D eigenvalue weighted by molar-refractivity contribution is 4.61. The summed E-state index contributed by atoms with van der Waals surface area (Å²) in [5, 5.41) is 0. The van der Waals surface area contributed by atoms with Gasteiger partial charge < -0.3 is 4.74 Å². The highest BCUT2D eigenvalue weighted by atomic mass is 16.5. The minimum Gasteiger partial charge on any atom is -0.385 e. The van der Waals surface area contributed by atoms with Gasteiger partial charge in [-0.2, -0.15) is 0 Å². The van der Waals surface area contributed by atoms with Crippen LogP contribution in [0.2, 0.25) is 0 Å². The smallest absolute Gasteiger partial charge is 0.0464 e. The zero-order chi connectivity index (χ0) is 10.1. The Morgan fingerprint density at radius 3 is 2.31 bits per heavy atom. The third kappa shape index (κ3) is 8.29. The quantitative estimate of drug-likeness (QED) is 0.559. The molecule has 1 unspecified atom stereocenters. The van der Waals surface area contributed by atoms with Crippen LogP contribution in [0.4, 0.5) is 0 Å². The van der Waals surface area contributed by atoms with Crippen molar-refractivity contribution in [2.45, 2.75) is 52.9 Å². The Morgan fingerprint density at radius 1 is 1.15 bits per heavy atom. The average molecular weight is 186 g/mol. The second kappa shape index (κ2) is 8.55. The number of unbranched alkanes of at least 4 members (excludes halogenated alkanes) is 1. The largest absolute Gasteiger partial charge is 0.385 e. The van der Waals surface area contributed by atoms with E-state index in [1.54, 1.807) is 7.11 Å². The lowest BCUT2D eigenvalue weighted by Gasteiger charge is -2.18. The Balaban J connectivity index is 3.60. The fourth-order valence-electron chi connectivity index (χ4n) is 1.82. The van der Waals surface area contributed by atoms with E-state index in [9.17, 15) is 0 Å². The molecule has 0 amide bonds. The fraction of sp³-hybridized carbons (Fsp3) is 1.00. The van der Waals surface area contributed by atoms with Gasteiger partial charge in [-0.1, -0.05) is 40.0 Å². The molecule has 1 nitrogen and oxygen atoms in total. The molecule has 0 fully saturated rings. The summed E-state index contributed by atoms with van der Waals surface area (Å²) in [6, 6.07) is 0. The number of rotatable bonds is 8. The second-order valence-corrected chi connectivity index (χ2v) is 4.42. The molecule has 0 aromatic carbocycles. The molecule has 0 saturated carbocycles. The number of ether oxygens (including phenoxy) is 1. The molecule has 0 aromatic heterocycles. The number of hydrogen-bond donors (Lipinski definition) is 0. The van der Waals surface area contributed by atoms with Crippen LogP contribution in [0.5, 0.6) is 0 Å². The van der Waals surface area contributed by atoms with E-state index in [4.69, 9.17) is 4.74 Å².